The zero-order valence-electron chi connectivity index (χ0n) is 20.0. The quantitative estimate of drug-likeness (QED) is 0.290. The first-order valence-corrected chi connectivity index (χ1v) is 11.8. The molecule has 1 aromatic carbocycles. The van der Waals surface area contributed by atoms with Gasteiger partial charge in [-0.05, 0) is 57.2 Å². The van der Waals surface area contributed by atoms with E-state index in [1.807, 2.05) is 12.2 Å². The summed E-state index contributed by atoms with van der Waals surface area (Å²) in [5, 5.41) is 30.9. The molecule has 2 rings (SSSR count). The van der Waals surface area contributed by atoms with Gasteiger partial charge in [-0.25, -0.2) is 0 Å². The topological polar surface area (TPSA) is 96.2 Å². The van der Waals surface area contributed by atoms with Crippen molar-refractivity contribution in [3.05, 3.63) is 54.1 Å². The van der Waals surface area contributed by atoms with Crippen LogP contribution < -0.4 is 4.74 Å². The Kier molecular flexibility index (Phi) is 11.3. The van der Waals surface area contributed by atoms with E-state index >= 15 is 0 Å². The largest absolute Gasteiger partial charge is 0.491 e. The third kappa shape index (κ3) is 10.0. The number of carbonyl (C=O) groups is 1. The zero-order chi connectivity index (χ0) is 26.0. The SMILES string of the molecule is CC(C)OC(=O)CC/C=C\CC[C@H]1C(O)CC(O)[C@@H]1/C=C/C(O)COc1cccc(C(F)(F)F)c1. The van der Waals surface area contributed by atoms with Gasteiger partial charge < -0.3 is 24.8 Å². The number of rotatable bonds is 12. The Bertz CT molecular complexity index is 852. The molecule has 1 saturated carbocycles. The Labute approximate surface area is 204 Å². The fourth-order valence-electron chi connectivity index (χ4n) is 4.08. The maximum absolute atomic E-state index is 12.8. The highest BCUT2D eigenvalue weighted by Gasteiger charge is 2.39. The number of ether oxygens (including phenoxy) is 2. The number of benzene rings is 1. The molecule has 0 heterocycles. The van der Waals surface area contributed by atoms with E-state index in [4.69, 9.17) is 9.47 Å². The third-order valence-electron chi connectivity index (χ3n) is 5.77. The van der Waals surface area contributed by atoms with E-state index in [9.17, 15) is 33.3 Å². The second kappa shape index (κ2) is 13.7. The van der Waals surface area contributed by atoms with Gasteiger partial charge in [0.25, 0.3) is 0 Å². The molecule has 9 heteroatoms. The Balaban J connectivity index is 1.82. The molecule has 196 valence electrons. The molecule has 1 aromatic rings. The van der Waals surface area contributed by atoms with Crippen molar-refractivity contribution in [1.82, 2.24) is 0 Å². The van der Waals surface area contributed by atoms with Crippen molar-refractivity contribution >= 4 is 5.97 Å². The molecule has 3 unspecified atom stereocenters. The van der Waals surface area contributed by atoms with Crippen LogP contribution in [0.15, 0.2) is 48.6 Å². The first-order chi connectivity index (χ1) is 16.5. The van der Waals surface area contributed by atoms with Crippen LogP contribution in [0.1, 0.15) is 51.5 Å². The molecule has 5 atom stereocenters. The molecule has 0 spiro atoms. The second-order valence-corrected chi connectivity index (χ2v) is 9.03. The molecule has 0 aromatic heterocycles. The highest BCUT2D eigenvalue weighted by atomic mass is 19.4. The standard InChI is InChI=1S/C26H35F3O6/c1-17(2)35-25(33)11-6-4-3-5-10-21-22(24(32)15-23(21)31)13-12-19(30)16-34-20-9-7-8-18(14-20)26(27,28)29/h3-4,7-9,12-14,17,19,21-24,30-32H,5-6,10-11,15-16H2,1-2H3/b4-3-,13-12+/t19?,21-,22-,23?,24?/m1/s1. The van der Waals surface area contributed by atoms with Crippen LogP contribution in [0.2, 0.25) is 0 Å². The summed E-state index contributed by atoms with van der Waals surface area (Å²) in [6, 6.07) is 4.41. The molecule has 1 fully saturated rings. The van der Waals surface area contributed by atoms with Crippen LogP contribution in [-0.4, -0.2) is 52.3 Å². The second-order valence-electron chi connectivity index (χ2n) is 9.03. The summed E-state index contributed by atoms with van der Waals surface area (Å²) < 4.78 is 48.8. The first-order valence-electron chi connectivity index (χ1n) is 11.8. The molecule has 3 N–H and O–H groups in total. The number of esters is 1. The maximum Gasteiger partial charge on any atom is 0.416 e. The number of aliphatic hydroxyl groups excluding tert-OH is 3. The van der Waals surface area contributed by atoms with Crippen molar-refractivity contribution in [2.45, 2.75) is 76.5 Å². The number of alkyl halides is 3. The predicted octanol–water partition coefficient (Wildman–Crippen LogP) is 4.43. The van der Waals surface area contributed by atoms with Gasteiger partial charge in [-0.2, -0.15) is 13.2 Å². The molecule has 0 radical (unpaired) electrons. The molecule has 1 aliphatic rings. The average Bonchev–Trinajstić information content (AvgIpc) is 3.04. The average molecular weight is 501 g/mol. The molecule has 1 aliphatic carbocycles. The Morgan fingerprint density at radius 3 is 2.57 bits per heavy atom. The summed E-state index contributed by atoms with van der Waals surface area (Å²) in [6.07, 6.45) is 2.05. The van der Waals surface area contributed by atoms with Crippen molar-refractivity contribution in [1.29, 1.82) is 0 Å². The van der Waals surface area contributed by atoms with Crippen molar-refractivity contribution in [3.8, 4) is 5.75 Å². The number of aliphatic hydroxyl groups is 3. The predicted molar refractivity (Wildman–Crippen MR) is 125 cm³/mol. The van der Waals surface area contributed by atoms with E-state index in [0.717, 1.165) is 12.1 Å². The lowest BCUT2D eigenvalue weighted by molar-refractivity contribution is -0.147. The lowest BCUT2D eigenvalue weighted by Gasteiger charge is -2.20. The van der Waals surface area contributed by atoms with Crippen LogP contribution in [-0.2, 0) is 15.7 Å². The summed E-state index contributed by atoms with van der Waals surface area (Å²) in [5.41, 5.74) is -0.838. The van der Waals surface area contributed by atoms with Crippen LogP contribution in [0.5, 0.6) is 5.75 Å². The van der Waals surface area contributed by atoms with Gasteiger partial charge in [0.2, 0.25) is 0 Å². The molecule has 0 saturated heterocycles. The van der Waals surface area contributed by atoms with Gasteiger partial charge in [-0.3, -0.25) is 4.79 Å². The minimum atomic E-state index is -4.48. The first kappa shape index (κ1) is 28.9. The molecular formula is C26H35F3O6. The van der Waals surface area contributed by atoms with E-state index in [2.05, 4.69) is 0 Å². The Hall–Kier alpha value is -2.36. The molecular weight excluding hydrogens is 465 g/mol. The van der Waals surface area contributed by atoms with Crippen molar-refractivity contribution in [3.63, 3.8) is 0 Å². The number of hydrogen-bond acceptors (Lipinski definition) is 6. The fourth-order valence-corrected chi connectivity index (χ4v) is 4.08. The Morgan fingerprint density at radius 1 is 1.17 bits per heavy atom. The Morgan fingerprint density at radius 2 is 1.89 bits per heavy atom. The van der Waals surface area contributed by atoms with Crippen molar-refractivity contribution in [2.24, 2.45) is 11.8 Å². The van der Waals surface area contributed by atoms with Gasteiger partial charge in [0.15, 0.2) is 0 Å². The summed E-state index contributed by atoms with van der Waals surface area (Å²) in [4.78, 5) is 11.5. The normalized spacial score (nSPS) is 23.9. The fraction of sp³-hybridized carbons (Fsp3) is 0.577. The van der Waals surface area contributed by atoms with E-state index in [-0.39, 0.29) is 42.7 Å². The van der Waals surface area contributed by atoms with Crippen molar-refractivity contribution < 1.29 is 42.8 Å². The van der Waals surface area contributed by atoms with Crippen LogP contribution in [0.4, 0.5) is 13.2 Å². The number of hydrogen-bond donors (Lipinski definition) is 3. The third-order valence-corrected chi connectivity index (χ3v) is 5.77. The number of allylic oxidation sites excluding steroid dienone is 2. The summed E-state index contributed by atoms with van der Waals surface area (Å²) in [5.74, 6) is -0.846. The maximum atomic E-state index is 12.8. The summed E-state index contributed by atoms with van der Waals surface area (Å²) in [7, 11) is 0. The van der Waals surface area contributed by atoms with Crippen LogP contribution in [0.3, 0.4) is 0 Å². The zero-order valence-corrected chi connectivity index (χ0v) is 20.0. The van der Waals surface area contributed by atoms with Crippen LogP contribution in [0, 0.1) is 11.8 Å². The summed E-state index contributed by atoms with van der Waals surface area (Å²) in [6.45, 7) is 3.33. The highest BCUT2D eigenvalue weighted by Crippen LogP contribution is 2.37. The molecule has 35 heavy (non-hydrogen) atoms. The monoisotopic (exact) mass is 500 g/mol. The minimum Gasteiger partial charge on any atom is -0.491 e. The van der Waals surface area contributed by atoms with Gasteiger partial charge in [-0.15, -0.1) is 0 Å². The van der Waals surface area contributed by atoms with E-state index in [0.29, 0.717) is 25.7 Å². The van der Waals surface area contributed by atoms with Gasteiger partial charge >= 0.3 is 12.1 Å². The molecule has 6 nitrogen and oxygen atoms in total. The van der Waals surface area contributed by atoms with Gasteiger partial charge in [0, 0.05) is 18.8 Å². The lowest BCUT2D eigenvalue weighted by Crippen LogP contribution is -2.22. The minimum absolute atomic E-state index is 0.00858. The lowest BCUT2D eigenvalue weighted by atomic mass is 9.88. The van der Waals surface area contributed by atoms with Crippen LogP contribution >= 0.6 is 0 Å². The summed E-state index contributed by atoms with van der Waals surface area (Å²) >= 11 is 0. The molecule has 0 amide bonds. The van der Waals surface area contributed by atoms with E-state index in [1.54, 1.807) is 19.9 Å². The van der Waals surface area contributed by atoms with Gasteiger partial charge in [0.1, 0.15) is 18.5 Å². The number of halogens is 3. The van der Waals surface area contributed by atoms with Crippen LogP contribution in [0.25, 0.3) is 0 Å². The van der Waals surface area contributed by atoms with Crippen molar-refractivity contribution in [2.75, 3.05) is 6.61 Å². The molecule has 0 bridgehead atoms. The van der Waals surface area contributed by atoms with E-state index in [1.165, 1.54) is 18.2 Å². The van der Waals surface area contributed by atoms with Gasteiger partial charge in [-0.1, -0.05) is 30.4 Å². The molecule has 0 aliphatic heterocycles. The van der Waals surface area contributed by atoms with Gasteiger partial charge in [0.05, 0.1) is 23.9 Å². The number of carbonyl (C=O) groups excluding carboxylic acids is 1. The smallest absolute Gasteiger partial charge is 0.416 e. The van der Waals surface area contributed by atoms with E-state index < -0.39 is 30.1 Å². The highest BCUT2D eigenvalue weighted by molar-refractivity contribution is 5.69.